The summed E-state index contributed by atoms with van der Waals surface area (Å²) in [5, 5.41) is 18.1. The molecular formula is C15H18ClFN4O2. The molecule has 23 heavy (non-hydrogen) atoms. The number of anilines is 1. The van der Waals surface area contributed by atoms with E-state index in [4.69, 9.17) is 16.9 Å². The molecule has 1 saturated heterocycles. The normalized spacial score (nSPS) is 18.2. The SMILES string of the molecule is CC(C)C[C@@H]1CN(c2nc(Cl)c(C#N)cc2F)CCN1C(=O)O. The molecule has 1 fully saturated rings. The molecule has 2 heterocycles. The van der Waals surface area contributed by atoms with Crippen molar-refractivity contribution in [2.24, 2.45) is 5.92 Å². The Hall–Kier alpha value is -2.07. The predicted molar refractivity (Wildman–Crippen MR) is 84.1 cm³/mol. The van der Waals surface area contributed by atoms with Crippen LogP contribution >= 0.6 is 11.6 Å². The van der Waals surface area contributed by atoms with Gasteiger partial charge in [-0.25, -0.2) is 14.2 Å². The van der Waals surface area contributed by atoms with Crippen LogP contribution in [0.3, 0.4) is 0 Å². The monoisotopic (exact) mass is 340 g/mol. The third-order valence-corrected chi connectivity index (χ3v) is 4.09. The Bertz CT molecular complexity index is 647. The van der Waals surface area contributed by atoms with Gasteiger partial charge in [-0.05, 0) is 18.4 Å². The molecule has 0 saturated carbocycles. The molecule has 8 heteroatoms. The summed E-state index contributed by atoms with van der Waals surface area (Å²) in [5.41, 5.74) is -0.0178. The molecule has 1 aromatic heterocycles. The molecule has 0 unspecified atom stereocenters. The summed E-state index contributed by atoms with van der Waals surface area (Å²) in [6.07, 6.45) is -0.296. The zero-order valence-corrected chi connectivity index (χ0v) is 13.7. The van der Waals surface area contributed by atoms with Crippen molar-refractivity contribution in [2.45, 2.75) is 26.3 Å². The zero-order chi connectivity index (χ0) is 17.1. The van der Waals surface area contributed by atoms with Gasteiger partial charge in [0.25, 0.3) is 0 Å². The fourth-order valence-electron chi connectivity index (χ4n) is 2.80. The Morgan fingerprint density at radius 2 is 2.30 bits per heavy atom. The number of pyridine rings is 1. The second kappa shape index (κ2) is 7.01. The third-order valence-electron chi connectivity index (χ3n) is 3.80. The molecule has 0 bridgehead atoms. The van der Waals surface area contributed by atoms with Gasteiger partial charge >= 0.3 is 6.09 Å². The van der Waals surface area contributed by atoms with E-state index in [9.17, 15) is 14.3 Å². The number of aromatic nitrogens is 1. The number of hydrogen-bond acceptors (Lipinski definition) is 4. The van der Waals surface area contributed by atoms with Crippen LogP contribution in [0, 0.1) is 23.1 Å². The first kappa shape index (κ1) is 17.3. The zero-order valence-electron chi connectivity index (χ0n) is 13.0. The van der Waals surface area contributed by atoms with E-state index in [-0.39, 0.29) is 29.1 Å². The Morgan fingerprint density at radius 3 is 2.87 bits per heavy atom. The predicted octanol–water partition coefficient (Wildman–Crippen LogP) is 2.96. The van der Waals surface area contributed by atoms with Crippen molar-refractivity contribution >= 4 is 23.5 Å². The van der Waals surface area contributed by atoms with Gasteiger partial charge in [-0.3, -0.25) is 0 Å². The second-order valence-electron chi connectivity index (χ2n) is 5.95. The minimum atomic E-state index is -0.971. The Labute approximate surface area is 139 Å². The van der Waals surface area contributed by atoms with E-state index in [0.717, 1.165) is 6.07 Å². The van der Waals surface area contributed by atoms with E-state index < -0.39 is 11.9 Å². The van der Waals surface area contributed by atoms with Crippen molar-refractivity contribution in [1.82, 2.24) is 9.88 Å². The highest BCUT2D eigenvalue weighted by atomic mass is 35.5. The first-order valence-corrected chi connectivity index (χ1v) is 7.72. The summed E-state index contributed by atoms with van der Waals surface area (Å²) in [6, 6.07) is 2.61. The number of carbonyl (C=O) groups is 1. The van der Waals surface area contributed by atoms with Crippen molar-refractivity contribution in [2.75, 3.05) is 24.5 Å². The lowest BCUT2D eigenvalue weighted by Crippen LogP contribution is -2.55. The Kier molecular flexibility index (Phi) is 5.26. The maximum Gasteiger partial charge on any atom is 0.407 e. The lowest BCUT2D eigenvalue weighted by atomic mass is 10.0. The van der Waals surface area contributed by atoms with Crippen LogP contribution in [-0.2, 0) is 0 Å². The molecule has 1 aliphatic rings. The number of carboxylic acid groups (broad SMARTS) is 1. The molecule has 2 rings (SSSR count). The number of nitrogens with zero attached hydrogens (tertiary/aromatic N) is 4. The average molecular weight is 341 g/mol. The van der Waals surface area contributed by atoms with Gasteiger partial charge in [0, 0.05) is 19.6 Å². The van der Waals surface area contributed by atoms with Gasteiger partial charge in [0.1, 0.15) is 11.2 Å². The van der Waals surface area contributed by atoms with Crippen molar-refractivity contribution < 1.29 is 14.3 Å². The number of rotatable bonds is 3. The standard InChI is InChI=1S/C15H18ClFN4O2/c1-9(2)5-11-8-20(3-4-21(11)15(22)23)14-12(17)6-10(7-18)13(16)19-14/h6,9,11H,3-5,8H2,1-2H3,(H,22,23)/t11-/m1/s1. The van der Waals surface area contributed by atoms with Crippen molar-refractivity contribution in [3.05, 3.63) is 22.6 Å². The molecule has 1 N–H and O–H groups in total. The topological polar surface area (TPSA) is 80.5 Å². The molecule has 1 aliphatic heterocycles. The quantitative estimate of drug-likeness (QED) is 0.855. The van der Waals surface area contributed by atoms with Crippen LogP contribution in [0.1, 0.15) is 25.8 Å². The third kappa shape index (κ3) is 3.82. The maximum absolute atomic E-state index is 14.2. The molecule has 0 spiro atoms. The van der Waals surface area contributed by atoms with Gasteiger partial charge in [0.15, 0.2) is 11.6 Å². The van der Waals surface area contributed by atoms with Gasteiger partial charge in [0.05, 0.1) is 11.6 Å². The summed E-state index contributed by atoms with van der Waals surface area (Å²) in [4.78, 5) is 18.4. The lowest BCUT2D eigenvalue weighted by Gasteiger charge is -2.41. The number of halogens is 2. The fraction of sp³-hybridized carbons (Fsp3) is 0.533. The Morgan fingerprint density at radius 1 is 1.61 bits per heavy atom. The minimum Gasteiger partial charge on any atom is -0.465 e. The molecule has 1 amide bonds. The van der Waals surface area contributed by atoms with E-state index in [2.05, 4.69) is 4.98 Å². The molecule has 6 nitrogen and oxygen atoms in total. The van der Waals surface area contributed by atoms with Crippen LogP contribution in [0.5, 0.6) is 0 Å². The summed E-state index contributed by atoms with van der Waals surface area (Å²) in [7, 11) is 0. The number of piperazine rings is 1. The van der Waals surface area contributed by atoms with Crippen molar-refractivity contribution in [1.29, 1.82) is 5.26 Å². The van der Waals surface area contributed by atoms with Gasteiger partial charge in [-0.2, -0.15) is 5.26 Å². The molecule has 0 radical (unpaired) electrons. The van der Waals surface area contributed by atoms with Gasteiger partial charge < -0.3 is 14.9 Å². The average Bonchev–Trinajstić information content (AvgIpc) is 2.48. The maximum atomic E-state index is 14.2. The van der Waals surface area contributed by atoms with E-state index in [1.54, 1.807) is 11.0 Å². The summed E-state index contributed by atoms with van der Waals surface area (Å²) in [5.74, 6) is -0.255. The first-order valence-electron chi connectivity index (χ1n) is 7.34. The van der Waals surface area contributed by atoms with Crippen LogP contribution in [0.2, 0.25) is 5.15 Å². The largest absolute Gasteiger partial charge is 0.465 e. The summed E-state index contributed by atoms with van der Waals surface area (Å²) >= 11 is 5.89. The van der Waals surface area contributed by atoms with Crippen LogP contribution in [0.25, 0.3) is 0 Å². The molecular weight excluding hydrogens is 323 g/mol. The molecule has 124 valence electrons. The van der Waals surface area contributed by atoms with E-state index in [1.807, 2.05) is 13.8 Å². The smallest absolute Gasteiger partial charge is 0.407 e. The summed E-state index contributed by atoms with van der Waals surface area (Å²) < 4.78 is 14.2. The van der Waals surface area contributed by atoms with E-state index >= 15 is 0 Å². The first-order chi connectivity index (χ1) is 10.8. The van der Waals surface area contributed by atoms with Crippen molar-refractivity contribution in [3.63, 3.8) is 0 Å². The van der Waals surface area contributed by atoms with Crippen LogP contribution < -0.4 is 4.90 Å². The highest BCUT2D eigenvalue weighted by Crippen LogP contribution is 2.26. The van der Waals surface area contributed by atoms with Crippen LogP contribution in [-0.4, -0.2) is 46.8 Å². The van der Waals surface area contributed by atoms with Gasteiger partial charge in [0.2, 0.25) is 0 Å². The molecule has 1 atom stereocenters. The summed E-state index contributed by atoms with van der Waals surface area (Å²) in [6.45, 7) is 4.96. The second-order valence-corrected chi connectivity index (χ2v) is 6.31. The Balaban J connectivity index is 2.27. The molecule has 1 aromatic rings. The van der Waals surface area contributed by atoms with Crippen LogP contribution in [0.4, 0.5) is 15.0 Å². The van der Waals surface area contributed by atoms with E-state index in [0.29, 0.717) is 25.4 Å². The van der Waals surface area contributed by atoms with Crippen LogP contribution in [0.15, 0.2) is 6.07 Å². The van der Waals surface area contributed by atoms with Gasteiger partial charge in [-0.15, -0.1) is 0 Å². The number of nitriles is 1. The van der Waals surface area contributed by atoms with Crippen molar-refractivity contribution in [3.8, 4) is 6.07 Å². The lowest BCUT2D eigenvalue weighted by molar-refractivity contribution is 0.110. The number of hydrogen-bond donors (Lipinski definition) is 1. The molecule has 0 aromatic carbocycles. The molecule has 0 aliphatic carbocycles. The highest BCUT2D eigenvalue weighted by molar-refractivity contribution is 6.30. The van der Waals surface area contributed by atoms with Gasteiger partial charge in [-0.1, -0.05) is 25.4 Å². The fourth-order valence-corrected chi connectivity index (χ4v) is 2.98. The van der Waals surface area contributed by atoms with E-state index in [1.165, 1.54) is 4.90 Å². The highest BCUT2D eigenvalue weighted by Gasteiger charge is 2.32. The number of amides is 1. The minimum absolute atomic E-state index is 0.0178.